The highest BCUT2D eigenvalue weighted by Crippen LogP contribution is 2.26. The molecule has 0 amide bonds. The number of hydrogen-bond acceptors (Lipinski definition) is 3. The number of aromatic hydroxyl groups is 1. The quantitative estimate of drug-likeness (QED) is 0.640. The first-order valence-corrected chi connectivity index (χ1v) is 5.41. The van der Waals surface area contributed by atoms with E-state index in [-0.39, 0.29) is 11.3 Å². The molecule has 0 saturated heterocycles. The zero-order chi connectivity index (χ0) is 12.7. The van der Waals surface area contributed by atoms with Crippen molar-refractivity contribution in [3.8, 4) is 5.75 Å². The number of para-hydroxylation sites is 1. The summed E-state index contributed by atoms with van der Waals surface area (Å²) in [7, 11) is 0. The predicted molar refractivity (Wildman–Crippen MR) is 67.9 cm³/mol. The number of aromatic carboxylic acids is 1. The molecule has 3 rings (SSSR count). The molecule has 0 spiro atoms. The van der Waals surface area contributed by atoms with E-state index >= 15 is 0 Å². The van der Waals surface area contributed by atoms with Gasteiger partial charge in [-0.25, -0.2) is 9.78 Å². The Labute approximate surface area is 102 Å². The van der Waals surface area contributed by atoms with E-state index in [2.05, 4.69) is 4.98 Å². The molecular weight excluding hydrogens is 230 g/mol. The summed E-state index contributed by atoms with van der Waals surface area (Å²) in [6.07, 6.45) is 0. The van der Waals surface area contributed by atoms with E-state index in [9.17, 15) is 9.90 Å². The van der Waals surface area contributed by atoms with Crippen molar-refractivity contribution >= 4 is 27.8 Å². The van der Waals surface area contributed by atoms with Gasteiger partial charge < -0.3 is 10.2 Å². The van der Waals surface area contributed by atoms with Crippen molar-refractivity contribution in [1.82, 2.24) is 4.98 Å². The lowest BCUT2D eigenvalue weighted by Crippen LogP contribution is -1.98. The van der Waals surface area contributed by atoms with Gasteiger partial charge in [-0.05, 0) is 18.2 Å². The van der Waals surface area contributed by atoms with E-state index in [0.717, 1.165) is 10.9 Å². The van der Waals surface area contributed by atoms with Gasteiger partial charge in [0.2, 0.25) is 0 Å². The van der Waals surface area contributed by atoms with Crippen molar-refractivity contribution < 1.29 is 15.0 Å². The standard InChI is InChI=1S/C14H9NO3/c16-9-6-11(14(17)18)10-5-8-3-1-2-4-12(8)15-13(10)7-9/h1-7,16H,(H,17,18). The van der Waals surface area contributed by atoms with E-state index in [1.807, 2.05) is 24.3 Å². The number of hydrogen-bond donors (Lipinski definition) is 2. The summed E-state index contributed by atoms with van der Waals surface area (Å²) in [5.41, 5.74) is 1.31. The molecule has 1 heterocycles. The number of carboxylic acids is 1. The Balaban J connectivity index is 2.49. The van der Waals surface area contributed by atoms with Gasteiger partial charge in [0.25, 0.3) is 0 Å². The minimum atomic E-state index is -1.08. The largest absolute Gasteiger partial charge is 0.508 e. The normalized spacial score (nSPS) is 10.9. The van der Waals surface area contributed by atoms with E-state index < -0.39 is 5.97 Å². The lowest BCUT2D eigenvalue weighted by atomic mass is 10.1. The minimum Gasteiger partial charge on any atom is -0.508 e. The summed E-state index contributed by atoms with van der Waals surface area (Å²) in [6, 6.07) is 11.9. The Morgan fingerprint density at radius 1 is 1.06 bits per heavy atom. The minimum absolute atomic E-state index is 0.0586. The van der Waals surface area contributed by atoms with Gasteiger partial charge in [0.05, 0.1) is 16.6 Å². The molecule has 0 fully saturated rings. The maximum atomic E-state index is 11.2. The van der Waals surface area contributed by atoms with Gasteiger partial charge in [0.15, 0.2) is 0 Å². The summed E-state index contributed by atoms with van der Waals surface area (Å²) >= 11 is 0. The van der Waals surface area contributed by atoms with Crippen LogP contribution >= 0.6 is 0 Å². The fourth-order valence-electron chi connectivity index (χ4n) is 2.04. The molecule has 0 radical (unpaired) electrons. The molecule has 0 unspecified atom stereocenters. The maximum Gasteiger partial charge on any atom is 0.336 e. The molecule has 4 heteroatoms. The molecule has 2 N–H and O–H groups in total. The van der Waals surface area contributed by atoms with Gasteiger partial charge in [-0.2, -0.15) is 0 Å². The van der Waals surface area contributed by atoms with E-state index in [1.165, 1.54) is 12.1 Å². The molecule has 0 saturated carbocycles. The van der Waals surface area contributed by atoms with Crippen molar-refractivity contribution in [2.24, 2.45) is 0 Å². The molecule has 18 heavy (non-hydrogen) atoms. The van der Waals surface area contributed by atoms with E-state index in [4.69, 9.17) is 5.11 Å². The third kappa shape index (κ3) is 1.55. The van der Waals surface area contributed by atoms with Crippen LogP contribution in [0.5, 0.6) is 5.75 Å². The molecule has 0 bridgehead atoms. The van der Waals surface area contributed by atoms with Crippen molar-refractivity contribution in [1.29, 1.82) is 0 Å². The second-order valence-corrected chi connectivity index (χ2v) is 4.05. The average Bonchev–Trinajstić information content (AvgIpc) is 2.35. The van der Waals surface area contributed by atoms with Gasteiger partial charge in [0, 0.05) is 16.8 Å². The molecule has 3 aromatic rings. The van der Waals surface area contributed by atoms with Crippen LogP contribution in [0.1, 0.15) is 10.4 Å². The SMILES string of the molecule is O=C(O)c1cc(O)cc2nc3ccccc3cc12. The van der Waals surface area contributed by atoms with Gasteiger partial charge in [0.1, 0.15) is 5.75 Å². The Hall–Kier alpha value is -2.62. The fraction of sp³-hybridized carbons (Fsp3) is 0. The van der Waals surface area contributed by atoms with Crippen LogP contribution in [-0.4, -0.2) is 21.2 Å². The van der Waals surface area contributed by atoms with Gasteiger partial charge in [-0.1, -0.05) is 18.2 Å². The third-order valence-corrected chi connectivity index (χ3v) is 2.85. The highest BCUT2D eigenvalue weighted by Gasteiger charge is 2.12. The predicted octanol–water partition coefficient (Wildman–Crippen LogP) is 2.79. The molecule has 0 atom stereocenters. The molecule has 0 aliphatic rings. The molecule has 88 valence electrons. The second-order valence-electron chi connectivity index (χ2n) is 4.05. The summed E-state index contributed by atoms with van der Waals surface area (Å²) in [5.74, 6) is -1.17. The van der Waals surface area contributed by atoms with Crippen LogP contribution in [-0.2, 0) is 0 Å². The number of nitrogens with zero attached hydrogens (tertiary/aromatic N) is 1. The zero-order valence-electron chi connectivity index (χ0n) is 9.29. The second kappa shape index (κ2) is 3.70. The van der Waals surface area contributed by atoms with Gasteiger partial charge in [-0.3, -0.25) is 0 Å². The Bertz CT molecular complexity index is 780. The van der Waals surface area contributed by atoms with Crippen LogP contribution in [0.3, 0.4) is 0 Å². The molecule has 1 aromatic heterocycles. The molecule has 2 aromatic carbocycles. The van der Waals surface area contributed by atoms with Crippen LogP contribution in [0.25, 0.3) is 21.8 Å². The Kier molecular flexibility index (Phi) is 2.16. The highest BCUT2D eigenvalue weighted by atomic mass is 16.4. The van der Waals surface area contributed by atoms with Crippen LogP contribution < -0.4 is 0 Å². The molecule has 0 aliphatic heterocycles. The van der Waals surface area contributed by atoms with Crippen molar-refractivity contribution in [2.75, 3.05) is 0 Å². The van der Waals surface area contributed by atoms with E-state index in [0.29, 0.717) is 10.9 Å². The Morgan fingerprint density at radius 3 is 2.61 bits per heavy atom. The fourth-order valence-corrected chi connectivity index (χ4v) is 2.04. The topological polar surface area (TPSA) is 70.4 Å². The monoisotopic (exact) mass is 239 g/mol. The number of pyridine rings is 1. The number of phenolic OH excluding ortho intramolecular Hbond substituents is 1. The first-order valence-electron chi connectivity index (χ1n) is 5.41. The smallest absolute Gasteiger partial charge is 0.336 e. The van der Waals surface area contributed by atoms with Gasteiger partial charge >= 0.3 is 5.97 Å². The molecular formula is C14H9NO3. The zero-order valence-corrected chi connectivity index (χ0v) is 9.29. The third-order valence-electron chi connectivity index (χ3n) is 2.85. The number of aromatic nitrogens is 1. The lowest BCUT2D eigenvalue weighted by molar-refractivity contribution is 0.0698. The number of benzene rings is 2. The summed E-state index contributed by atoms with van der Waals surface area (Å²) < 4.78 is 0. The number of rotatable bonds is 1. The number of fused-ring (bicyclic) bond motifs is 2. The number of carboxylic acid groups (broad SMARTS) is 1. The average molecular weight is 239 g/mol. The van der Waals surface area contributed by atoms with Crippen molar-refractivity contribution in [3.63, 3.8) is 0 Å². The highest BCUT2D eigenvalue weighted by molar-refractivity contribution is 6.06. The first kappa shape index (κ1) is 10.5. The number of phenols is 1. The molecule has 0 aliphatic carbocycles. The van der Waals surface area contributed by atoms with Crippen molar-refractivity contribution in [3.05, 3.63) is 48.0 Å². The van der Waals surface area contributed by atoms with Crippen LogP contribution in [0.2, 0.25) is 0 Å². The summed E-state index contributed by atoms with van der Waals surface area (Å²) in [5, 5.41) is 20.1. The number of carbonyl (C=O) groups is 1. The summed E-state index contributed by atoms with van der Waals surface area (Å²) in [4.78, 5) is 15.5. The van der Waals surface area contributed by atoms with Crippen LogP contribution in [0, 0.1) is 0 Å². The van der Waals surface area contributed by atoms with Gasteiger partial charge in [-0.15, -0.1) is 0 Å². The Morgan fingerprint density at radius 2 is 1.83 bits per heavy atom. The maximum absolute atomic E-state index is 11.2. The first-order chi connectivity index (χ1) is 8.65. The molecule has 4 nitrogen and oxygen atoms in total. The summed E-state index contributed by atoms with van der Waals surface area (Å²) in [6.45, 7) is 0. The van der Waals surface area contributed by atoms with Crippen LogP contribution in [0.4, 0.5) is 0 Å². The van der Waals surface area contributed by atoms with Crippen LogP contribution in [0.15, 0.2) is 42.5 Å². The van der Waals surface area contributed by atoms with E-state index in [1.54, 1.807) is 6.07 Å². The van der Waals surface area contributed by atoms with Crippen molar-refractivity contribution in [2.45, 2.75) is 0 Å². The lowest BCUT2D eigenvalue weighted by Gasteiger charge is -2.05.